The predicted octanol–water partition coefficient (Wildman–Crippen LogP) is 3.37. The van der Waals surface area contributed by atoms with Crippen molar-refractivity contribution < 1.29 is 14.1 Å². The van der Waals surface area contributed by atoms with Crippen LogP contribution >= 0.6 is 0 Å². The molecule has 0 radical (unpaired) electrons. The van der Waals surface area contributed by atoms with E-state index in [1.54, 1.807) is 31.2 Å². The van der Waals surface area contributed by atoms with Crippen LogP contribution in [0.2, 0.25) is 0 Å². The maximum Gasteiger partial charge on any atom is 0.266 e. The number of carbonyl (C=O) groups excluding carboxylic acids is 2. The van der Waals surface area contributed by atoms with Crippen LogP contribution in [0.1, 0.15) is 58.5 Å². The van der Waals surface area contributed by atoms with E-state index >= 15 is 0 Å². The molecule has 3 rings (SSSR count). The molecule has 22 heavy (non-hydrogen) atoms. The lowest BCUT2D eigenvalue weighted by atomic mass is 10.0. The Balaban J connectivity index is 2.02. The minimum Gasteiger partial charge on any atom is -0.360 e. The number of aromatic nitrogens is 1. The van der Waals surface area contributed by atoms with Crippen LogP contribution < -0.4 is 0 Å². The van der Waals surface area contributed by atoms with Gasteiger partial charge in [0.2, 0.25) is 0 Å². The average Bonchev–Trinajstić information content (AvgIpc) is 2.99. The average molecular weight is 298 g/mol. The number of imide groups is 1. The van der Waals surface area contributed by atoms with Crippen molar-refractivity contribution in [3.63, 3.8) is 0 Å². The number of rotatable bonds is 3. The highest BCUT2D eigenvalue weighted by Gasteiger charge is 2.45. The zero-order chi connectivity index (χ0) is 15.9. The highest BCUT2D eigenvalue weighted by molar-refractivity contribution is 6.13. The zero-order valence-corrected chi connectivity index (χ0v) is 12.9. The van der Waals surface area contributed by atoms with E-state index in [0.29, 0.717) is 34.9 Å². The Labute approximate surface area is 128 Å². The van der Waals surface area contributed by atoms with E-state index in [2.05, 4.69) is 19.0 Å². The van der Waals surface area contributed by atoms with Crippen molar-refractivity contribution >= 4 is 11.8 Å². The fraction of sp³-hybridized carbons (Fsp3) is 0.353. The third kappa shape index (κ3) is 2.22. The van der Waals surface area contributed by atoms with E-state index in [1.807, 2.05) is 6.07 Å². The Bertz CT molecular complexity index is 719. The molecule has 1 aliphatic rings. The summed E-state index contributed by atoms with van der Waals surface area (Å²) in [5.74, 6) is 0.200. The van der Waals surface area contributed by atoms with Gasteiger partial charge in [0.15, 0.2) is 0 Å². The van der Waals surface area contributed by atoms with Gasteiger partial charge < -0.3 is 4.52 Å². The molecule has 0 spiro atoms. The number of amides is 2. The molecule has 5 nitrogen and oxygen atoms in total. The van der Waals surface area contributed by atoms with Gasteiger partial charge in [0.25, 0.3) is 11.8 Å². The maximum atomic E-state index is 12.8. The van der Waals surface area contributed by atoms with E-state index in [4.69, 9.17) is 4.52 Å². The van der Waals surface area contributed by atoms with Crippen molar-refractivity contribution in [2.45, 2.75) is 33.2 Å². The van der Waals surface area contributed by atoms with E-state index in [-0.39, 0.29) is 17.9 Å². The van der Waals surface area contributed by atoms with Crippen LogP contribution in [0.5, 0.6) is 0 Å². The fourth-order valence-electron chi connectivity index (χ4n) is 2.88. The summed E-state index contributed by atoms with van der Waals surface area (Å²) in [5, 5.41) is 4.02. The second-order valence-corrected chi connectivity index (χ2v) is 5.99. The molecule has 0 aliphatic carbocycles. The third-order valence-electron chi connectivity index (χ3n) is 3.88. The molecule has 2 amide bonds. The van der Waals surface area contributed by atoms with Crippen molar-refractivity contribution in [1.29, 1.82) is 0 Å². The Morgan fingerprint density at radius 2 is 2.00 bits per heavy atom. The summed E-state index contributed by atoms with van der Waals surface area (Å²) in [6.07, 6.45) is 0.670. The van der Waals surface area contributed by atoms with Crippen LogP contribution in [-0.2, 0) is 0 Å². The second kappa shape index (κ2) is 5.40. The Hall–Kier alpha value is -2.43. The molecular formula is C17H18N2O3. The zero-order valence-electron chi connectivity index (χ0n) is 12.9. The molecule has 1 aromatic carbocycles. The first-order valence-corrected chi connectivity index (χ1v) is 7.39. The third-order valence-corrected chi connectivity index (χ3v) is 3.88. The lowest BCUT2D eigenvalue weighted by Crippen LogP contribution is -2.35. The van der Waals surface area contributed by atoms with Gasteiger partial charge >= 0.3 is 0 Å². The lowest BCUT2D eigenvalue weighted by Gasteiger charge is -2.24. The van der Waals surface area contributed by atoms with Crippen molar-refractivity contribution in [2.24, 2.45) is 5.92 Å². The van der Waals surface area contributed by atoms with Gasteiger partial charge in [-0.1, -0.05) is 37.2 Å². The molecule has 0 N–H and O–H groups in total. The molecule has 0 fully saturated rings. The van der Waals surface area contributed by atoms with Crippen LogP contribution in [0, 0.1) is 12.8 Å². The van der Waals surface area contributed by atoms with Crippen molar-refractivity contribution in [2.75, 3.05) is 0 Å². The fourth-order valence-corrected chi connectivity index (χ4v) is 2.88. The number of hydrogen-bond donors (Lipinski definition) is 0. The lowest BCUT2D eigenvalue weighted by molar-refractivity contribution is 0.0553. The van der Waals surface area contributed by atoms with Crippen molar-refractivity contribution in [1.82, 2.24) is 10.1 Å². The molecule has 114 valence electrons. The molecule has 0 bridgehead atoms. The van der Waals surface area contributed by atoms with E-state index < -0.39 is 0 Å². The molecule has 5 heteroatoms. The van der Waals surface area contributed by atoms with Crippen molar-refractivity contribution in [3.8, 4) is 0 Å². The monoisotopic (exact) mass is 298 g/mol. The summed E-state index contributed by atoms with van der Waals surface area (Å²) in [7, 11) is 0. The molecule has 1 atom stereocenters. The number of benzene rings is 1. The number of carbonyl (C=O) groups is 2. The smallest absolute Gasteiger partial charge is 0.266 e. The van der Waals surface area contributed by atoms with Gasteiger partial charge in [-0.25, -0.2) is 0 Å². The van der Waals surface area contributed by atoms with Gasteiger partial charge in [0.05, 0.1) is 6.04 Å². The number of fused-ring (bicyclic) bond motifs is 1. The van der Waals surface area contributed by atoms with E-state index in [1.165, 1.54) is 4.90 Å². The summed E-state index contributed by atoms with van der Waals surface area (Å²) in [5.41, 5.74) is 1.53. The van der Waals surface area contributed by atoms with Crippen LogP contribution in [-0.4, -0.2) is 21.9 Å². The molecule has 2 heterocycles. The standard InChI is InChI=1S/C17H18N2O3/c1-10(2)9-13-15-14(11(3)22-18-15)17(21)19(13)16(20)12-7-5-4-6-8-12/h4-8,10,13H,9H2,1-3H3/t13-/m0/s1. The quantitative estimate of drug-likeness (QED) is 0.815. The summed E-state index contributed by atoms with van der Waals surface area (Å²) in [6, 6.07) is 8.50. The number of hydrogen-bond acceptors (Lipinski definition) is 4. The molecule has 0 saturated carbocycles. The summed E-state index contributed by atoms with van der Waals surface area (Å²) in [6.45, 7) is 5.81. The minimum absolute atomic E-state index is 0.284. The molecular weight excluding hydrogens is 280 g/mol. The SMILES string of the molecule is Cc1onc2c1C(=O)N(C(=O)c1ccccc1)[C@H]2CC(C)C. The van der Waals surface area contributed by atoms with Gasteiger partial charge in [-0.05, 0) is 31.4 Å². The number of aryl methyl sites for hydroxylation is 1. The van der Waals surface area contributed by atoms with Crippen LogP contribution in [0.3, 0.4) is 0 Å². The van der Waals surface area contributed by atoms with Crippen LogP contribution in [0.25, 0.3) is 0 Å². The molecule has 0 unspecified atom stereocenters. The Morgan fingerprint density at radius 1 is 1.32 bits per heavy atom. The summed E-state index contributed by atoms with van der Waals surface area (Å²) < 4.78 is 5.14. The minimum atomic E-state index is -0.354. The van der Waals surface area contributed by atoms with Gasteiger partial charge in [0.1, 0.15) is 17.0 Å². The maximum absolute atomic E-state index is 12.8. The van der Waals surface area contributed by atoms with Gasteiger partial charge in [-0.15, -0.1) is 0 Å². The normalized spacial score (nSPS) is 17.2. The van der Waals surface area contributed by atoms with E-state index in [9.17, 15) is 9.59 Å². The molecule has 1 aliphatic heterocycles. The first-order valence-electron chi connectivity index (χ1n) is 7.39. The Morgan fingerprint density at radius 3 is 2.64 bits per heavy atom. The first kappa shape index (κ1) is 14.5. The topological polar surface area (TPSA) is 63.4 Å². The highest BCUT2D eigenvalue weighted by Crippen LogP contribution is 2.39. The molecule has 2 aromatic rings. The Kier molecular flexibility index (Phi) is 3.56. The first-order chi connectivity index (χ1) is 10.5. The van der Waals surface area contributed by atoms with Crippen LogP contribution in [0.15, 0.2) is 34.9 Å². The predicted molar refractivity (Wildman–Crippen MR) is 80.4 cm³/mol. The van der Waals surface area contributed by atoms with E-state index in [0.717, 1.165) is 0 Å². The largest absolute Gasteiger partial charge is 0.360 e. The van der Waals surface area contributed by atoms with Gasteiger partial charge in [-0.2, -0.15) is 0 Å². The summed E-state index contributed by atoms with van der Waals surface area (Å²) >= 11 is 0. The van der Waals surface area contributed by atoms with Crippen molar-refractivity contribution in [3.05, 3.63) is 52.9 Å². The van der Waals surface area contributed by atoms with Crippen LogP contribution in [0.4, 0.5) is 0 Å². The molecule has 1 aromatic heterocycles. The summed E-state index contributed by atoms with van der Waals surface area (Å²) in [4.78, 5) is 26.8. The van der Waals surface area contributed by atoms with Gasteiger partial charge in [-0.3, -0.25) is 14.5 Å². The highest BCUT2D eigenvalue weighted by atomic mass is 16.5. The van der Waals surface area contributed by atoms with Gasteiger partial charge in [0, 0.05) is 5.56 Å². The second-order valence-electron chi connectivity index (χ2n) is 5.99. The number of nitrogens with zero attached hydrogens (tertiary/aromatic N) is 2. The molecule has 0 saturated heterocycles.